The number of nitrogens with zero attached hydrogens (tertiary/aromatic N) is 1. The van der Waals surface area contributed by atoms with Crippen molar-refractivity contribution < 1.29 is 9.32 Å². The molecule has 5 heteroatoms. The van der Waals surface area contributed by atoms with Crippen molar-refractivity contribution in [3.8, 4) is 0 Å². The van der Waals surface area contributed by atoms with E-state index in [-0.39, 0.29) is 17.4 Å². The van der Waals surface area contributed by atoms with Crippen molar-refractivity contribution in [2.75, 3.05) is 13.1 Å². The molecule has 1 saturated heterocycles. The van der Waals surface area contributed by atoms with Crippen molar-refractivity contribution in [1.82, 2.24) is 15.8 Å². The molecule has 0 unspecified atom stereocenters. The number of carbonyl (C=O) groups is 1. The first-order valence-corrected chi connectivity index (χ1v) is 8.72. The molecule has 0 saturated carbocycles. The molecule has 2 N–H and O–H groups in total. The second-order valence-electron chi connectivity index (χ2n) is 8.08. The van der Waals surface area contributed by atoms with Gasteiger partial charge in [-0.1, -0.05) is 25.9 Å². The van der Waals surface area contributed by atoms with Gasteiger partial charge < -0.3 is 15.2 Å². The molecule has 1 fully saturated rings. The molecule has 2 rings (SSSR count). The van der Waals surface area contributed by atoms with Gasteiger partial charge >= 0.3 is 0 Å². The summed E-state index contributed by atoms with van der Waals surface area (Å²) in [5.74, 6) is 1.92. The van der Waals surface area contributed by atoms with Gasteiger partial charge in [0, 0.05) is 23.9 Å². The third kappa shape index (κ3) is 5.34. The Morgan fingerprint density at radius 1 is 1.43 bits per heavy atom. The van der Waals surface area contributed by atoms with E-state index < -0.39 is 0 Å². The zero-order chi connectivity index (χ0) is 17.0. The third-order valence-corrected chi connectivity index (χ3v) is 4.43. The summed E-state index contributed by atoms with van der Waals surface area (Å²) in [4.78, 5) is 12.1. The Balaban J connectivity index is 1.98. The summed E-state index contributed by atoms with van der Waals surface area (Å²) in [6.45, 7) is 12.3. The van der Waals surface area contributed by atoms with Crippen LogP contribution in [-0.4, -0.2) is 30.2 Å². The molecule has 1 aliphatic rings. The van der Waals surface area contributed by atoms with E-state index in [0.29, 0.717) is 18.3 Å². The largest absolute Gasteiger partial charge is 0.361 e. The van der Waals surface area contributed by atoms with E-state index in [9.17, 15) is 4.79 Å². The molecule has 0 radical (unpaired) electrons. The van der Waals surface area contributed by atoms with Crippen LogP contribution < -0.4 is 10.6 Å². The quantitative estimate of drug-likeness (QED) is 0.875. The molecule has 2 atom stereocenters. The van der Waals surface area contributed by atoms with E-state index in [1.165, 1.54) is 0 Å². The van der Waals surface area contributed by atoms with Crippen LogP contribution in [0.1, 0.15) is 58.9 Å². The number of aromatic nitrogens is 1. The van der Waals surface area contributed by atoms with Crippen molar-refractivity contribution in [1.29, 1.82) is 0 Å². The van der Waals surface area contributed by atoms with Gasteiger partial charge in [-0.3, -0.25) is 4.79 Å². The molecule has 1 aromatic heterocycles. The molecule has 1 amide bonds. The van der Waals surface area contributed by atoms with Gasteiger partial charge in [-0.25, -0.2) is 0 Å². The lowest BCUT2D eigenvalue weighted by Crippen LogP contribution is -2.41. The fourth-order valence-corrected chi connectivity index (χ4v) is 3.13. The summed E-state index contributed by atoms with van der Waals surface area (Å²) in [5.41, 5.74) is 0.977. The summed E-state index contributed by atoms with van der Waals surface area (Å²) in [5, 5.41) is 10.7. The summed E-state index contributed by atoms with van der Waals surface area (Å²) in [7, 11) is 0. The summed E-state index contributed by atoms with van der Waals surface area (Å²) in [6, 6.07) is 2.27. The molecule has 0 aliphatic carbocycles. The molecule has 23 heavy (non-hydrogen) atoms. The minimum absolute atomic E-state index is 0.0212. The third-order valence-electron chi connectivity index (χ3n) is 4.43. The van der Waals surface area contributed by atoms with E-state index in [1.54, 1.807) is 0 Å². The second-order valence-corrected chi connectivity index (χ2v) is 8.08. The molecular formula is C18H31N3O2. The molecule has 5 nitrogen and oxygen atoms in total. The SMILES string of the molecule is CC(C)NC(=O)C[C@@H]1CCNC[C@@H]1Cc1cc(C(C)(C)C)on1. The van der Waals surface area contributed by atoms with Gasteiger partial charge in [0.1, 0.15) is 5.76 Å². The lowest BCUT2D eigenvalue weighted by molar-refractivity contribution is -0.123. The van der Waals surface area contributed by atoms with Crippen LogP contribution >= 0.6 is 0 Å². The molecule has 0 spiro atoms. The van der Waals surface area contributed by atoms with Gasteiger partial charge in [-0.05, 0) is 51.6 Å². The highest BCUT2D eigenvalue weighted by Gasteiger charge is 2.29. The first kappa shape index (κ1) is 18.0. The number of rotatable bonds is 5. The van der Waals surface area contributed by atoms with E-state index in [0.717, 1.165) is 37.4 Å². The van der Waals surface area contributed by atoms with Crippen molar-refractivity contribution in [3.63, 3.8) is 0 Å². The maximum absolute atomic E-state index is 12.1. The van der Waals surface area contributed by atoms with E-state index in [2.05, 4.69) is 42.6 Å². The van der Waals surface area contributed by atoms with Gasteiger partial charge in [0.15, 0.2) is 0 Å². The summed E-state index contributed by atoms with van der Waals surface area (Å²) >= 11 is 0. The van der Waals surface area contributed by atoms with Crippen LogP contribution in [-0.2, 0) is 16.6 Å². The highest BCUT2D eigenvalue weighted by molar-refractivity contribution is 5.76. The van der Waals surface area contributed by atoms with Crippen LogP contribution in [0, 0.1) is 11.8 Å². The highest BCUT2D eigenvalue weighted by Crippen LogP contribution is 2.28. The van der Waals surface area contributed by atoms with Gasteiger partial charge in [0.25, 0.3) is 0 Å². The molecular weight excluding hydrogens is 290 g/mol. The topological polar surface area (TPSA) is 67.2 Å². The monoisotopic (exact) mass is 321 g/mol. The van der Waals surface area contributed by atoms with Crippen LogP contribution in [0.3, 0.4) is 0 Å². The van der Waals surface area contributed by atoms with E-state index >= 15 is 0 Å². The second kappa shape index (κ2) is 7.47. The standard InChI is InChI=1S/C18H31N3O2/c1-12(2)20-17(22)9-13-6-7-19-11-14(13)8-15-10-16(23-21-15)18(3,4)5/h10,12-14,19H,6-9,11H2,1-5H3,(H,20,22)/t13-,14-/m0/s1. The van der Waals surface area contributed by atoms with Crippen LogP contribution in [0.2, 0.25) is 0 Å². The Morgan fingerprint density at radius 2 is 2.17 bits per heavy atom. The Morgan fingerprint density at radius 3 is 2.78 bits per heavy atom. The van der Waals surface area contributed by atoms with Gasteiger partial charge in [-0.2, -0.15) is 0 Å². The number of carbonyl (C=O) groups excluding carboxylic acids is 1. The minimum atomic E-state index is -0.0212. The van der Waals surface area contributed by atoms with Crippen molar-refractivity contribution >= 4 is 5.91 Å². The van der Waals surface area contributed by atoms with Crippen molar-refractivity contribution in [2.45, 2.75) is 65.3 Å². The van der Waals surface area contributed by atoms with Crippen LogP contribution in [0.15, 0.2) is 10.6 Å². The number of piperidine rings is 1. The summed E-state index contributed by atoms with van der Waals surface area (Å²) < 4.78 is 5.49. The molecule has 130 valence electrons. The number of hydrogen-bond donors (Lipinski definition) is 2. The number of hydrogen-bond acceptors (Lipinski definition) is 4. The van der Waals surface area contributed by atoms with Crippen LogP contribution in [0.4, 0.5) is 0 Å². The molecule has 0 aromatic carbocycles. The molecule has 1 aromatic rings. The predicted molar refractivity (Wildman–Crippen MR) is 91.3 cm³/mol. The Hall–Kier alpha value is -1.36. The van der Waals surface area contributed by atoms with Gasteiger partial charge in [0.2, 0.25) is 5.91 Å². The zero-order valence-electron chi connectivity index (χ0n) is 15.1. The fraction of sp³-hybridized carbons (Fsp3) is 0.778. The first-order chi connectivity index (χ1) is 10.8. The average Bonchev–Trinajstić information content (AvgIpc) is 2.88. The minimum Gasteiger partial charge on any atom is -0.361 e. The Labute approximate surface area is 139 Å². The maximum Gasteiger partial charge on any atom is 0.220 e. The van der Waals surface area contributed by atoms with Gasteiger partial charge in [-0.15, -0.1) is 0 Å². The maximum atomic E-state index is 12.1. The molecule has 1 aliphatic heterocycles. The summed E-state index contributed by atoms with van der Waals surface area (Å²) in [6.07, 6.45) is 2.51. The smallest absolute Gasteiger partial charge is 0.220 e. The van der Waals surface area contributed by atoms with E-state index in [1.807, 2.05) is 13.8 Å². The van der Waals surface area contributed by atoms with Crippen molar-refractivity contribution in [2.24, 2.45) is 11.8 Å². The van der Waals surface area contributed by atoms with Crippen molar-refractivity contribution in [3.05, 3.63) is 17.5 Å². The Bertz CT molecular complexity index is 517. The normalized spacial score (nSPS) is 22.3. The van der Waals surface area contributed by atoms with Crippen LogP contribution in [0.25, 0.3) is 0 Å². The molecule has 2 heterocycles. The lowest BCUT2D eigenvalue weighted by atomic mass is 9.81. The Kier molecular flexibility index (Phi) is 5.84. The fourth-order valence-electron chi connectivity index (χ4n) is 3.13. The first-order valence-electron chi connectivity index (χ1n) is 8.72. The van der Waals surface area contributed by atoms with Gasteiger partial charge in [0.05, 0.1) is 5.69 Å². The molecule has 0 bridgehead atoms. The van der Waals surface area contributed by atoms with E-state index in [4.69, 9.17) is 4.52 Å². The zero-order valence-corrected chi connectivity index (χ0v) is 15.1. The highest BCUT2D eigenvalue weighted by atomic mass is 16.5. The van der Waals surface area contributed by atoms with Crippen LogP contribution in [0.5, 0.6) is 0 Å². The number of nitrogens with one attached hydrogen (secondary N) is 2. The average molecular weight is 321 g/mol. The lowest BCUT2D eigenvalue weighted by Gasteiger charge is -2.31. The predicted octanol–water partition coefficient (Wildman–Crippen LogP) is 2.66. The number of amides is 1.